The van der Waals surface area contributed by atoms with Crippen LogP contribution >= 0.6 is 22.9 Å². The summed E-state index contributed by atoms with van der Waals surface area (Å²) < 4.78 is 14.3. The van der Waals surface area contributed by atoms with Gasteiger partial charge < -0.3 is 14.7 Å². The van der Waals surface area contributed by atoms with Crippen LogP contribution in [0, 0.1) is 11.7 Å². The molecule has 31 heavy (non-hydrogen) atoms. The number of carbonyl (C=O) groups excluding carboxylic acids is 1. The summed E-state index contributed by atoms with van der Waals surface area (Å²) >= 11 is 7.63. The summed E-state index contributed by atoms with van der Waals surface area (Å²) in [6.07, 6.45) is 1.66. The molecule has 2 fully saturated rings. The molecular formula is C23H24ClFN4OS. The van der Waals surface area contributed by atoms with Crippen molar-refractivity contribution in [2.45, 2.75) is 12.8 Å². The molecule has 2 aliphatic heterocycles. The molecule has 3 aromatic rings. The van der Waals surface area contributed by atoms with E-state index in [4.69, 9.17) is 11.6 Å². The largest absolute Gasteiger partial charge is 0.368 e. The molecule has 8 heteroatoms. The van der Waals surface area contributed by atoms with Crippen LogP contribution in [0.1, 0.15) is 12.8 Å². The number of anilines is 2. The number of aromatic nitrogens is 1. The van der Waals surface area contributed by atoms with Crippen molar-refractivity contribution in [2.75, 3.05) is 49.1 Å². The third-order valence-electron chi connectivity index (χ3n) is 6.22. The van der Waals surface area contributed by atoms with Gasteiger partial charge in [-0.2, -0.15) is 0 Å². The average Bonchev–Trinajstić information content (AvgIpc) is 3.22. The Kier molecular flexibility index (Phi) is 5.71. The molecule has 2 saturated heterocycles. The third-order valence-corrected chi connectivity index (χ3v) is 7.53. The third kappa shape index (κ3) is 4.34. The van der Waals surface area contributed by atoms with Crippen molar-refractivity contribution >= 4 is 49.9 Å². The minimum Gasteiger partial charge on any atom is -0.368 e. The summed E-state index contributed by atoms with van der Waals surface area (Å²) in [4.78, 5) is 24.3. The number of carbonyl (C=O) groups is 1. The lowest BCUT2D eigenvalue weighted by atomic mass is 9.95. The summed E-state index contributed by atoms with van der Waals surface area (Å²) in [5, 5.41) is 1.66. The topological polar surface area (TPSA) is 39.7 Å². The Labute approximate surface area is 190 Å². The number of benzene rings is 2. The maximum atomic E-state index is 13.5. The number of piperazine rings is 1. The minimum atomic E-state index is -0.234. The zero-order valence-electron chi connectivity index (χ0n) is 17.1. The number of amides is 1. The van der Waals surface area contributed by atoms with E-state index in [1.807, 2.05) is 23.1 Å². The Morgan fingerprint density at radius 3 is 2.52 bits per heavy atom. The molecule has 0 radical (unpaired) electrons. The van der Waals surface area contributed by atoms with Crippen molar-refractivity contribution in [1.82, 2.24) is 9.88 Å². The van der Waals surface area contributed by atoms with Gasteiger partial charge in [0, 0.05) is 55.9 Å². The first kappa shape index (κ1) is 20.5. The number of nitrogens with zero attached hydrogens (tertiary/aromatic N) is 4. The highest BCUT2D eigenvalue weighted by Crippen LogP contribution is 2.32. The number of thiazole rings is 1. The summed E-state index contributed by atoms with van der Waals surface area (Å²) in [5.74, 6) is 0.111. The lowest BCUT2D eigenvalue weighted by Crippen LogP contribution is -2.51. The van der Waals surface area contributed by atoms with Gasteiger partial charge in [-0.25, -0.2) is 9.37 Å². The molecule has 5 nitrogen and oxygen atoms in total. The van der Waals surface area contributed by atoms with E-state index in [1.54, 1.807) is 6.07 Å². The van der Waals surface area contributed by atoms with Crippen LogP contribution in [0.4, 0.5) is 15.2 Å². The van der Waals surface area contributed by atoms with Gasteiger partial charge in [0.25, 0.3) is 0 Å². The number of hydrogen-bond acceptors (Lipinski definition) is 5. The number of rotatable bonds is 3. The first-order chi connectivity index (χ1) is 15.1. The second-order valence-corrected chi connectivity index (χ2v) is 9.61. The predicted molar refractivity (Wildman–Crippen MR) is 125 cm³/mol. The summed E-state index contributed by atoms with van der Waals surface area (Å²) in [5.41, 5.74) is 1.95. The van der Waals surface area contributed by atoms with Crippen LogP contribution < -0.4 is 9.80 Å². The van der Waals surface area contributed by atoms with Gasteiger partial charge in [-0.1, -0.05) is 29.0 Å². The van der Waals surface area contributed by atoms with E-state index in [2.05, 4.69) is 20.9 Å². The van der Waals surface area contributed by atoms with Crippen LogP contribution in [0.15, 0.2) is 42.5 Å². The maximum Gasteiger partial charge on any atom is 0.225 e. The molecule has 0 unspecified atom stereocenters. The lowest BCUT2D eigenvalue weighted by Gasteiger charge is -2.39. The number of halogens is 2. The molecular weight excluding hydrogens is 435 g/mol. The van der Waals surface area contributed by atoms with E-state index in [9.17, 15) is 9.18 Å². The van der Waals surface area contributed by atoms with Gasteiger partial charge in [-0.15, -0.1) is 0 Å². The van der Waals surface area contributed by atoms with Gasteiger partial charge in [-0.05, 0) is 49.2 Å². The molecule has 5 rings (SSSR count). The molecule has 2 aliphatic rings. The second-order valence-electron chi connectivity index (χ2n) is 8.16. The Morgan fingerprint density at radius 2 is 1.77 bits per heavy atom. The Bertz CT molecular complexity index is 1090. The molecule has 1 amide bonds. The van der Waals surface area contributed by atoms with Crippen LogP contribution in [-0.4, -0.2) is 55.1 Å². The fourth-order valence-electron chi connectivity index (χ4n) is 4.46. The molecule has 0 bridgehead atoms. The SMILES string of the molecule is O=C(C1CCN(c2nc3ccc(F)cc3s2)CC1)N1CCN(c2cccc(Cl)c2)CC1. The van der Waals surface area contributed by atoms with E-state index < -0.39 is 0 Å². The number of hydrogen-bond donors (Lipinski definition) is 0. The van der Waals surface area contributed by atoms with E-state index >= 15 is 0 Å². The molecule has 0 N–H and O–H groups in total. The van der Waals surface area contributed by atoms with E-state index in [1.165, 1.54) is 23.5 Å². The Morgan fingerprint density at radius 1 is 1.00 bits per heavy atom. The lowest BCUT2D eigenvalue weighted by molar-refractivity contribution is -0.136. The van der Waals surface area contributed by atoms with E-state index in [0.29, 0.717) is 0 Å². The van der Waals surface area contributed by atoms with Crippen LogP contribution in [-0.2, 0) is 4.79 Å². The second kappa shape index (κ2) is 8.63. The summed E-state index contributed by atoms with van der Waals surface area (Å²) in [6, 6.07) is 12.6. The van der Waals surface area contributed by atoms with Crippen LogP contribution in [0.3, 0.4) is 0 Å². The van der Waals surface area contributed by atoms with Crippen LogP contribution in [0.2, 0.25) is 5.02 Å². The van der Waals surface area contributed by atoms with Gasteiger partial charge in [0.15, 0.2) is 5.13 Å². The molecule has 1 aromatic heterocycles. The van der Waals surface area contributed by atoms with Crippen molar-refractivity contribution < 1.29 is 9.18 Å². The maximum absolute atomic E-state index is 13.5. The van der Waals surface area contributed by atoms with Gasteiger partial charge in [0.1, 0.15) is 5.82 Å². The van der Waals surface area contributed by atoms with Gasteiger partial charge in [0.2, 0.25) is 5.91 Å². The highest BCUT2D eigenvalue weighted by atomic mass is 35.5. The molecule has 2 aromatic carbocycles. The van der Waals surface area contributed by atoms with Crippen molar-refractivity contribution in [3.05, 3.63) is 53.3 Å². The number of fused-ring (bicyclic) bond motifs is 1. The fraction of sp³-hybridized carbons (Fsp3) is 0.391. The highest BCUT2D eigenvalue weighted by Gasteiger charge is 2.31. The summed E-state index contributed by atoms with van der Waals surface area (Å²) in [6.45, 7) is 4.76. The molecule has 3 heterocycles. The average molecular weight is 459 g/mol. The monoisotopic (exact) mass is 458 g/mol. The number of piperidine rings is 1. The summed E-state index contributed by atoms with van der Waals surface area (Å²) in [7, 11) is 0. The van der Waals surface area contributed by atoms with Gasteiger partial charge in [-0.3, -0.25) is 4.79 Å². The predicted octanol–water partition coefficient (Wildman–Crippen LogP) is 4.65. The molecule has 162 valence electrons. The van der Waals surface area contributed by atoms with E-state index in [-0.39, 0.29) is 17.6 Å². The van der Waals surface area contributed by atoms with Gasteiger partial charge >= 0.3 is 0 Å². The van der Waals surface area contributed by atoms with Crippen molar-refractivity contribution in [1.29, 1.82) is 0 Å². The van der Waals surface area contributed by atoms with Crippen molar-refractivity contribution in [3.63, 3.8) is 0 Å². The Balaban J connectivity index is 1.16. The van der Waals surface area contributed by atoms with Crippen molar-refractivity contribution in [3.8, 4) is 0 Å². The first-order valence-electron chi connectivity index (χ1n) is 10.7. The van der Waals surface area contributed by atoms with Crippen LogP contribution in [0.5, 0.6) is 0 Å². The van der Waals surface area contributed by atoms with Gasteiger partial charge in [0.05, 0.1) is 10.2 Å². The standard InChI is InChI=1S/C23H24ClFN4OS/c24-17-2-1-3-19(14-17)27-10-12-28(13-11-27)22(30)16-6-8-29(9-7-16)23-26-20-5-4-18(25)15-21(20)31-23/h1-5,14-16H,6-13H2. The fourth-order valence-corrected chi connectivity index (χ4v) is 5.68. The smallest absolute Gasteiger partial charge is 0.225 e. The quantitative estimate of drug-likeness (QED) is 0.572. The van der Waals surface area contributed by atoms with Crippen LogP contribution in [0.25, 0.3) is 10.2 Å². The minimum absolute atomic E-state index is 0.0702. The van der Waals surface area contributed by atoms with Crippen molar-refractivity contribution in [2.24, 2.45) is 5.92 Å². The highest BCUT2D eigenvalue weighted by molar-refractivity contribution is 7.22. The van der Waals surface area contributed by atoms with E-state index in [0.717, 1.165) is 78.2 Å². The normalized spacial score (nSPS) is 18.1. The first-order valence-corrected chi connectivity index (χ1v) is 11.9. The Hall–Kier alpha value is -2.38. The molecule has 0 aliphatic carbocycles. The molecule has 0 atom stereocenters. The zero-order valence-corrected chi connectivity index (χ0v) is 18.7. The molecule has 0 saturated carbocycles. The zero-order chi connectivity index (χ0) is 21.4. The molecule has 0 spiro atoms.